The number of rotatable bonds is 2. The van der Waals surface area contributed by atoms with Crippen LogP contribution in [0.1, 0.15) is 32.9 Å². The van der Waals surface area contributed by atoms with Crippen LogP contribution in [0.4, 0.5) is 4.39 Å². The van der Waals surface area contributed by atoms with Gasteiger partial charge in [0.05, 0.1) is 12.3 Å². The summed E-state index contributed by atoms with van der Waals surface area (Å²) in [6.45, 7) is 4.10. The summed E-state index contributed by atoms with van der Waals surface area (Å²) in [5.41, 5.74) is -0.426. The fourth-order valence-electron chi connectivity index (χ4n) is 2.21. The van der Waals surface area contributed by atoms with Crippen molar-refractivity contribution < 1.29 is 9.13 Å². The second-order valence-electron chi connectivity index (χ2n) is 4.39. The summed E-state index contributed by atoms with van der Waals surface area (Å²) in [4.78, 5) is 14.0. The van der Waals surface area contributed by atoms with E-state index in [9.17, 15) is 9.18 Å². The van der Waals surface area contributed by atoms with Crippen molar-refractivity contribution in [3.05, 3.63) is 27.1 Å². The highest BCUT2D eigenvalue weighted by Crippen LogP contribution is 2.33. The lowest BCUT2D eigenvalue weighted by atomic mass is 10.0. The van der Waals surface area contributed by atoms with Crippen LogP contribution in [0, 0.1) is 16.4 Å². The van der Waals surface area contributed by atoms with Crippen molar-refractivity contribution >= 4 is 12.2 Å². The van der Waals surface area contributed by atoms with Crippen molar-refractivity contribution in [1.82, 2.24) is 9.55 Å². The fraction of sp³-hybridized carbons (Fsp3) is 0.636. The molecule has 1 aromatic rings. The zero-order chi connectivity index (χ0) is 12.6. The first kappa shape index (κ1) is 12.4. The molecule has 94 valence electrons. The van der Waals surface area contributed by atoms with Gasteiger partial charge >= 0.3 is 5.69 Å². The Morgan fingerprint density at radius 2 is 2.41 bits per heavy atom. The van der Waals surface area contributed by atoms with E-state index in [1.54, 1.807) is 0 Å². The van der Waals surface area contributed by atoms with Crippen LogP contribution in [-0.4, -0.2) is 15.7 Å². The Labute approximate surface area is 103 Å². The highest BCUT2D eigenvalue weighted by atomic mass is 32.1. The highest BCUT2D eigenvalue weighted by molar-refractivity contribution is 7.71. The normalized spacial score (nSPS) is 28.5. The molecule has 0 aliphatic carbocycles. The zero-order valence-electron chi connectivity index (χ0n) is 9.77. The van der Waals surface area contributed by atoms with E-state index in [1.165, 1.54) is 4.57 Å². The molecule has 1 aliphatic rings. The summed E-state index contributed by atoms with van der Waals surface area (Å²) in [5, 5.41) is 0. The molecule has 6 heteroatoms. The van der Waals surface area contributed by atoms with Gasteiger partial charge in [0.2, 0.25) is 0 Å². The molecule has 0 spiro atoms. The van der Waals surface area contributed by atoms with Crippen molar-refractivity contribution in [2.75, 3.05) is 0 Å². The largest absolute Gasteiger partial charge is 0.354 e. The van der Waals surface area contributed by atoms with Crippen molar-refractivity contribution in [2.24, 2.45) is 5.92 Å². The van der Waals surface area contributed by atoms with E-state index in [0.717, 1.165) is 12.6 Å². The van der Waals surface area contributed by atoms with E-state index >= 15 is 0 Å². The molecule has 1 N–H and O–H groups in total. The number of hydrogen-bond donors (Lipinski definition) is 1. The summed E-state index contributed by atoms with van der Waals surface area (Å²) in [6, 6.07) is 0. The molecule has 17 heavy (non-hydrogen) atoms. The topological polar surface area (TPSA) is 47.0 Å². The number of aromatic amines is 1. The highest BCUT2D eigenvalue weighted by Gasteiger charge is 2.32. The number of hydrogen-bond acceptors (Lipinski definition) is 3. The number of nitrogens with one attached hydrogen (secondary N) is 1. The van der Waals surface area contributed by atoms with Crippen LogP contribution in [0.2, 0.25) is 0 Å². The van der Waals surface area contributed by atoms with Gasteiger partial charge in [-0.1, -0.05) is 26.1 Å². The van der Waals surface area contributed by atoms with E-state index < -0.39 is 17.7 Å². The van der Waals surface area contributed by atoms with Gasteiger partial charge in [-0.25, -0.2) is 9.18 Å². The van der Waals surface area contributed by atoms with E-state index in [0.29, 0.717) is 12.3 Å². The number of nitrogens with zero attached hydrogens (tertiary/aromatic N) is 1. The lowest BCUT2D eigenvalue weighted by molar-refractivity contribution is -0.00807. The molecule has 1 fully saturated rings. The zero-order valence-corrected chi connectivity index (χ0v) is 10.6. The first-order valence-electron chi connectivity index (χ1n) is 5.69. The number of H-pyrrole nitrogens is 1. The molecule has 1 aromatic heterocycles. The van der Waals surface area contributed by atoms with E-state index in [-0.39, 0.29) is 10.7 Å². The molecule has 0 saturated carbocycles. The van der Waals surface area contributed by atoms with Gasteiger partial charge in [0.1, 0.15) is 10.9 Å². The standard InChI is InChI=1S/C11H15FN2O2S/c1-3-8-6(2)4-9(16-8)14-5-7(12)10(17)13-11(14)15/h5-6,8-9H,3-4H2,1-2H3,(H,13,15,17)/t6?,8-,9-/m0/s1. The Morgan fingerprint density at radius 3 is 3.00 bits per heavy atom. The van der Waals surface area contributed by atoms with Gasteiger partial charge in [-0.2, -0.15) is 0 Å². The van der Waals surface area contributed by atoms with E-state index in [1.807, 2.05) is 6.92 Å². The third-order valence-electron chi connectivity index (χ3n) is 3.18. The Morgan fingerprint density at radius 1 is 1.71 bits per heavy atom. The SMILES string of the molecule is CC[C@@H]1O[C@H](n2cc(F)c(=S)[nH]c2=O)CC1C. The summed E-state index contributed by atoms with van der Waals surface area (Å²) in [7, 11) is 0. The quantitative estimate of drug-likeness (QED) is 0.828. The first-order chi connectivity index (χ1) is 8.02. The first-order valence-corrected chi connectivity index (χ1v) is 6.10. The maximum Gasteiger partial charge on any atom is 0.328 e. The lowest BCUT2D eigenvalue weighted by Gasteiger charge is -2.15. The maximum absolute atomic E-state index is 13.3. The van der Waals surface area contributed by atoms with Crippen LogP contribution < -0.4 is 5.69 Å². The molecular formula is C11H15FN2O2S. The molecule has 2 heterocycles. The second kappa shape index (κ2) is 4.70. The third kappa shape index (κ3) is 2.32. The summed E-state index contributed by atoms with van der Waals surface area (Å²) < 4.78 is 20.1. The van der Waals surface area contributed by atoms with Gasteiger partial charge in [0.25, 0.3) is 0 Å². The van der Waals surface area contributed by atoms with Crippen molar-refractivity contribution in [2.45, 2.75) is 39.0 Å². The molecule has 1 saturated heterocycles. The minimum Gasteiger partial charge on any atom is -0.354 e. The molecule has 3 atom stereocenters. The average Bonchev–Trinajstić information content (AvgIpc) is 2.65. The van der Waals surface area contributed by atoms with Gasteiger partial charge in [-0.05, 0) is 18.8 Å². The van der Waals surface area contributed by atoms with Crippen molar-refractivity contribution in [3.63, 3.8) is 0 Å². The van der Waals surface area contributed by atoms with Gasteiger partial charge in [-0.15, -0.1) is 0 Å². The molecule has 2 rings (SSSR count). The summed E-state index contributed by atoms with van der Waals surface area (Å²) in [5.74, 6) is -0.237. The van der Waals surface area contributed by atoms with Crippen molar-refractivity contribution in [3.8, 4) is 0 Å². The second-order valence-corrected chi connectivity index (χ2v) is 4.80. The minimum atomic E-state index is -0.601. The molecule has 1 aliphatic heterocycles. The molecule has 0 aromatic carbocycles. The fourth-order valence-corrected chi connectivity index (χ4v) is 2.35. The predicted octanol–water partition coefficient (Wildman–Crippen LogP) is 2.38. The molecule has 0 bridgehead atoms. The number of halogens is 1. The maximum atomic E-state index is 13.3. The van der Waals surface area contributed by atoms with Crippen LogP contribution in [0.15, 0.2) is 11.0 Å². The monoisotopic (exact) mass is 258 g/mol. The van der Waals surface area contributed by atoms with Crippen LogP contribution in [0.3, 0.4) is 0 Å². The van der Waals surface area contributed by atoms with Crippen LogP contribution >= 0.6 is 12.2 Å². The third-order valence-corrected chi connectivity index (χ3v) is 3.47. The Kier molecular flexibility index (Phi) is 3.44. The van der Waals surface area contributed by atoms with E-state index in [4.69, 9.17) is 4.74 Å². The number of aromatic nitrogens is 2. The lowest BCUT2D eigenvalue weighted by Crippen LogP contribution is -2.27. The smallest absolute Gasteiger partial charge is 0.328 e. The minimum absolute atomic E-state index is 0.123. The van der Waals surface area contributed by atoms with Gasteiger partial charge in [0.15, 0.2) is 5.82 Å². The van der Waals surface area contributed by atoms with Gasteiger partial charge < -0.3 is 4.74 Å². The molecule has 0 amide bonds. The van der Waals surface area contributed by atoms with Gasteiger partial charge in [-0.3, -0.25) is 9.55 Å². The summed E-state index contributed by atoms with van der Waals surface area (Å²) >= 11 is 4.66. The Hall–Kier alpha value is -1.01. The number of ether oxygens (including phenoxy) is 1. The van der Waals surface area contributed by atoms with Crippen LogP contribution in [-0.2, 0) is 4.74 Å². The molecular weight excluding hydrogens is 243 g/mol. The summed E-state index contributed by atoms with van der Waals surface area (Å²) in [6.07, 6.45) is 2.44. The van der Waals surface area contributed by atoms with E-state index in [2.05, 4.69) is 24.1 Å². The Balaban J connectivity index is 2.34. The van der Waals surface area contributed by atoms with Crippen LogP contribution in [0.5, 0.6) is 0 Å². The average molecular weight is 258 g/mol. The molecule has 0 radical (unpaired) electrons. The van der Waals surface area contributed by atoms with Crippen LogP contribution in [0.25, 0.3) is 0 Å². The molecule has 1 unspecified atom stereocenters. The van der Waals surface area contributed by atoms with Gasteiger partial charge in [0, 0.05) is 0 Å². The Bertz CT molecular complexity index is 525. The predicted molar refractivity (Wildman–Crippen MR) is 63.8 cm³/mol. The van der Waals surface area contributed by atoms with Crippen molar-refractivity contribution in [1.29, 1.82) is 0 Å². The molecule has 4 nitrogen and oxygen atoms in total.